The number of fused-ring (bicyclic) bond motifs is 1. The number of hydrogen-bond acceptors (Lipinski definition) is 4. The summed E-state index contributed by atoms with van der Waals surface area (Å²) in [5.41, 5.74) is 1.02. The largest absolute Gasteiger partial charge is 0.497 e. The van der Waals surface area contributed by atoms with E-state index in [1.165, 1.54) is 0 Å². The van der Waals surface area contributed by atoms with E-state index in [1.807, 2.05) is 25.2 Å². The van der Waals surface area contributed by atoms with E-state index in [2.05, 4.69) is 4.90 Å². The van der Waals surface area contributed by atoms with Gasteiger partial charge < -0.3 is 19.5 Å². The number of rotatable bonds is 3. The van der Waals surface area contributed by atoms with Gasteiger partial charge in [0, 0.05) is 19.7 Å². The van der Waals surface area contributed by atoms with Crippen LogP contribution in [0.5, 0.6) is 11.5 Å². The fourth-order valence-corrected chi connectivity index (χ4v) is 1.94. The smallest absolute Gasteiger partial charge is 0.142 e. The molecule has 0 aromatic heterocycles. The second-order valence-electron chi connectivity index (χ2n) is 3.92. The molecule has 0 spiro atoms. The van der Waals surface area contributed by atoms with Crippen molar-refractivity contribution in [1.29, 1.82) is 0 Å². The van der Waals surface area contributed by atoms with Crippen molar-refractivity contribution >= 4 is 5.69 Å². The Morgan fingerprint density at radius 1 is 1.56 bits per heavy atom. The lowest BCUT2D eigenvalue weighted by atomic mass is 10.1. The first kappa shape index (κ1) is 11.1. The van der Waals surface area contributed by atoms with Crippen molar-refractivity contribution in [2.75, 3.05) is 32.3 Å². The third-order valence-electron chi connectivity index (χ3n) is 2.99. The Hall–Kier alpha value is -1.42. The summed E-state index contributed by atoms with van der Waals surface area (Å²) in [5, 5.41) is 8.98. The van der Waals surface area contributed by atoms with Crippen LogP contribution in [-0.4, -0.2) is 38.5 Å². The van der Waals surface area contributed by atoms with Crippen molar-refractivity contribution in [2.45, 2.75) is 12.5 Å². The number of benzene rings is 1. The number of anilines is 1. The molecular weight excluding hydrogens is 206 g/mol. The monoisotopic (exact) mass is 223 g/mol. The summed E-state index contributed by atoms with van der Waals surface area (Å²) in [6.45, 7) is 0.800. The molecule has 0 saturated carbocycles. The van der Waals surface area contributed by atoms with Crippen molar-refractivity contribution in [3.05, 3.63) is 18.2 Å². The van der Waals surface area contributed by atoms with E-state index in [-0.39, 0.29) is 12.6 Å². The summed E-state index contributed by atoms with van der Waals surface area (Å²) in [6, 6.07) is 5.99. The van der Waals surface area contributed by atoms with E-state index in [9.17, 15) is 0 Å². The third-order valence-corrected chi connectivity index (χ3v) is 2.99. The first-order valence-corrected chi connectivity index (χ1v) is 5.40. The van der Waals surface area contributed by atoms with Crippen LogP contribution in [-0.2, 0) is 0 Å². The van der Waals surface area contributed by atoms with Gasteiger partial charge in [-0.3, -0.25) is 0 Å². The minimum absolute atomic E-state index is 0.178. The Labute approximate surface area is 95.4 Å². The predicted octanol–water partition coefficient (Wildman–Crippen LogP) is 1.27. The summed E-state index contributed by atoms with van der Waals surface area (Å²) in [6.07, 6.45) is 0.715. The van der Waals surface area contributed by atoms with Crippen molar-refractivity contribution in [3.63, 3.8) is 0 Å². The van der Waals surface area contributed by atoms with E-state index >= 15 is 0 Å². The van der Waals surface area contributed by atoms with E-state index in [1.54, 1.807) is 7.11 Å². The zero-order chi connectivity index (χ0) is 11.5. The molecule has 1 unspecified atom stereocenters. The Kier molecular flexibility index (Phi) is 3.19. The van der Waals surface area contributed by atoms with E-state index in [0.29, 0.717) is 13.0 Å². The molecule has 1 heterocycles. The van der Waals surface area contributed by atoms with Gasteiger partial charge in [0.05, 0.1) is 18.8 Å². The number of aliphatic hydroxyl groups is 1. The van der Waals surface area contributed by atoms with Crippen LogP contribution in [0.25, 0.3) is 0 Å². The van der Waals surface area contributed by atoms with Crippen LogP contribution in [0, 0.1) is 0 Å². The Balaban J connectivity index is 2.27. The van der Waals surface area contributed by atoms with Gasteiger partial charge in [-0.25, -0.2) is 0 Å². The van der Waals surface area contributed by atoms with Crippen molar-refractivity contribution in [3.8, 4) is 11.5 Å². The molecule has 1 N–H and O–H groups in total. The van der Waals surface area contributed by atoms with Gasteiger partial charge in [0.2, 0.25) is 0 Å². The minimum atomic E-state index is 0.178. The van der Waals surface area contributed by atoms with Gasteiger partial charge in [-0.15, -0.1) is 0 Å². The van der Waals surface area contributed by atoms with Crippen molar-refractivity contribution < 1.29 is 14.6 Å². The minimum Gasteiger partial charge on any atom is -0.497 e. The summed E-state index contributed by atoms with van der Waals surface area (Å²) < 4.78 is 10.8. The number of aliphatic hydroxyl groups excluding tert-OH is 1. The number of likely N-dealkylation sites (N-methyl/N-ethyl adjacent to an activating group) is 1. The highest BCUT2D eigenvalue weighted by Gasteiger charge is 2.24. The lowest BCUT2D eigenvalue weighted by Gasteiger charge is -2.35. The Bertz CT molecular complexity index is 367. The van der Waals surface area contributed by atoms with Gasteiger partial charge >= 0.3 is 0 Å². The molecule has 4 heteroatoms. The lowest BCUT2D eigenvalue weighted by Crippen LogP contribution is -2.40. The second kappa shape index (κ2) is 4.61. The highest BCUT2D eigenvalue weighted by Crippen LogP contribution is 2.36. The quantitative estimate of drug-likeness (QED) is 0.838. The average molecular weight is 223 g/mol. The van der Waals surface area contributed by atoms with Crippen LogP contribution in [0.3, 0.4) is 0 Å². The summed E-state index contributed by atoms with van der Waals surface area (Å²) in [4.78, 5) is 2.14. The summed E-state index contributed by atoms with van der Waals surface area (Å²) in [7, 11) is 3.66. The maximum absolute atomic E-state index is 8.98. The molecule has 2 rings (SSSR count). The van der Waals surface area contributed by atoms with Gasteiger partial charge in [0.1, 0.15) is 18.1 Å². The first-order chi connectivity index (χ1) is 7.76. The van der Waals surface area contributed by atoms with Gasteiger partial charge in [0.25, 0.3) is 0 Å². The van der Waals surface area contributed by atoms with Gasteiger partial charge in [0.15, 0.2) is 0 Å². The molecule has 0 aliphatic carbocycles. The van der Waals surface area contributed by atoms with Crippen LogP contribution in [0.1, 0.15) is 6.42 Å². The first-order valence-electron chi connectivity index (χ1n) is 5.40. The van der Waals surface area contributed by atoms with Crippen LogP contribution < -0.4 is 14.4 Å². The SMILES string of the molecule is COc1ccc2c(c1)N(C)C(CCO)CO2. The zero-order valence-electron chi connectivity index (χ0n) is 9.64. The van der Waals surface area contributed by atoms with E-state index in [0.717, 1.165) is 17.2 Å². The van der Waals surface area contributed by atoms with Gasteiger partial charge in [-0.1, -0.05) is 0 Å². The maximum Gasteiger partial charge on any atom is 0.142 e. The number of hydrogen-bond donors (Lipinski definition) is 1. The normalized spacial score (nSPS) is 18.9. The molecular formula is C12H17NO3. The molecule has 16 heavy (non-hydrogen) atoms. The van der Waals surface area contributed by atoms with Crippen molar-refractivity contribution in [1.82, 2.24) is 0 Å². The molecule has 1 aromatic rings. The highest BCUT2D eigenvalue weighted by molar-refractivity contribution is 5.63. The molecule has 0 amide bonds. The molecule has 1 aliphatic heterocycles. The topological polar surface area (TPSA) is 41.9 Å². The number of ether oxygens (including phenoxy) is 2. The van der Waals surface area contributed by atoms with E-state index < -0.39 is 0 Å². The van der Waals surface area contributed by atoms with Crippen LogP contribution >= 0.6 is 0 Å². The Morgan fingerprint density at radius 3 is 3.06 bits per heavy atom. The number of nitrogens with zero attached hydrogens (tertiary/aromatic N) is 1. The van der Waals surface area contributed by atoms with Gasteiger partial charge in [-0.2, -0.15) is 0 Å². The van der Waals surface area contributed by atoms with Gasteiger partial charge in [-0.05, 0) is 18.6 Å². The molecule has 0 fully saturated rings. The molecule has 0 bridgehead atoms. The Morgan fingerprint density at radius 2 is 2.38 bits per heavy atom. The van der Waals surface area contributed by atoms with Crippen LogP contribution in [0.4, 0.5) is 5.69 Å². The van der Waals surface area contributed by atoms with Crippen LogP contribution in [0.15, 0.2) is 18.2 Å². The zero-order valence-corrected chi connectivity index (χ0v) is 9.64. The molecule has 1 aromatic carbocycles. The molecule has 0 saturated heterocycles. The lowest BCUT2D eigenvalue weighted by molar-refractivity contribution is 0.219. The molecule has 1 aliphatic rings. The van der Waals surface area contributed by atoms with E-state index in [4.69, 9.17) is 14.6 Å². The fourth-order valence-electron chi connectivity index (χ4n) is 1.94. The standard InChI is InChI=1S/C12H17NO3/c1-13-9(5-6-14)8-16-12-4-3-10(15-2)7-11(12)13/h3-4,7,9,14H,5-6,8H2,1-2H3. The second-order valence-corrected chi connectivity index (χ2v) is 3.92. The summed E-state index contributed by atoms with van der Waals surface area (Å²) >= 11 is 0. The summed E-state index contributed by atoms with van der Waals surface area (Å²) in [5.74, 6) is 1.69. The fraction of sp³-hybridized carbons (Fsp3) is 0.500. The maximum atomic E-state index is 8.98. The third kappa shape index (κ3) is 1.93. The molecule has 1 atom stereocenters. The molecule has 88 valence electrons. The highest BCUT2D eigenvalue weighted by atomic mass is 16.5. The van der Waals surface area contributed by atoms with Crippen LogP contribution in [0.2, 0.25) is 0 Å². The molecule has 0 radical (unpaired) electrons. The average Bonchev–Trinajstić information content (AvgIpc) is 2.33. The number of methoxy groups -OCH3 is 1. The predicted molar refractivity (Wildman–Crippen MR) is 62.4 cm³/mol. The van der Waals surface area contributed by atoms with Crippen molar-refractivity contribution in [2.24, 2.45) is 0 Å². The molecule has 4 nitrogen and oxygen atoms in total.